The summed E-state index contributed by atoms with van der Waals surface area (Å²) in [6.07, 6.45) is 4.95. The number of nitrogens with zero attached hydrogens (tertiary/aromatic N) is 5. The minimum atomic E-state index is -0.212. The molecule has 2 heterocycles. The average molecular weight is 296 g/mol. The Morgan fingerprint density at radius 3 is 2.95 bits per heavy atom. The first-order valence-corrected chi connectivity index (χ1v) is 6.86. The molecular formula is C15H16N6O. The predicted molar refractivity (Wildman–Crippen MR) is 83.4 cm³/mol. The van der Waals surface area contributed by atoms with Gasteiger partial charge in [-0.05, 0) is 19.1 Å². The number of aryl methyl sites for hydroxylation is 2. The number of fused-ring (bicyclic) bond motifs is 1. The molecule has 0 bridgehead atoms. The third kappa shape index (κ3) is 2.73. The molecule has 7 nitrogen and oxygen atoms in total. The number of nitrogens with one attached hydrogen (secondary N) is 1. The second kappa shape index (κ2) is 5.80. The molecule has 3 rings (SSSR count). The molecular weight excluding hydrogens is 280 g/mol. The van der Waals surface area contributed by atoms with Crippen molar-refractivity contribution in [3.05, 3.63) is 48.3 Å². The van der Waals surface area contributed by atoms with E-state index in [0.29, 0.717) is 5.82 Å². The monoisotopic (exact) mass is 296 g/mol. The summed E-state index contributed by atoms with van der Waals surface area (Å²) in [7, 11) is 1.91. The maximum Gasteiger partial charge on any atom is 0.260 e. The Bertz CT molecular complexity index is 845. The number of para-hydroxylation sites is 2. The van der Waals surface area contributed by atoms with Gasteiger partial charge in [0.05, 0.1) is 17.2 Å². The molecule has 3 aromatic rings. The van der Waals surface area contributed by atoms with E-state index >= 15 is 0 Å². The van der Waals surface area contributed by atoms with Crippen molar-refractivity contribution in [1.29, 1.82) is 0 Å². The molecule has 1 aromatic carbocycles. The molecule has 0 aliphatic rings. The van der Waals surface area contributed by atoms with E-state index in [-0.39, 0.29) is 12.5 Å². The van der Waals surface area contributed by atoms with E-state index in [1.165, 1.54) is 0 Å². The van der Waals surface area contributed by atoms with Gasteiger partial charge in [0.1, 0.15) is 12.4 Å². The van der Waals surface area contributed by atoms with Gasteiger partial charge in [-0.1, -0.05) is 12.1 Å². The number of hydrogen-bond acceptors (Lipinski definition) is 4. The molecule has 0 aliphatic carbocycles. The van der Waals surface area contributed by atoms with Crippen LogP contribution in [0.25, 0.3) is 11.0 Å². The summed E-state index contributed by atoms with van der Waals surface area (Å²) in [5.74, 6) is 1.26. The van der Waals surface area contributed by atoms with Crippen LogP contribution >= 0.6 is 0 Å². The number of carbonyl (C=O) groups excluding carboxylic acids is 1. The zero-order valence-electron chi connectivity index (χ0n) is 12.4. The smallest absolute Gasteiger partial charge is 0.260 e. The van der Waals surface area contributed by atoms with Crippen LogP contribution in [-0.4, -0.2) is 31.2 Å². The van der Waals surface area contributed by atoms with Gasteiger partial charge >= 0.3 is 0 Å². The molecule has 0 aliphatic heterocycles. The van der Waals surface area contributed by atoms with E-state index in [9.17, 15) is 4.79 Å². The maximum atomic E-state index is 11.8. The van der Waals surface area contributed by atoms with Crippen LogP contribution < -0.4 is 5.43 Å². The van der Waals surface area contributed by atoms with E-state index in [0.717, 1.165) is 16.9 Å². The molecule has 0 saturated heterocycles. The maximum absolute atomic E-state index is 11.8. The van der Waals surface area contributed by atoms with Gasteiger partial charge in [0.15, 0.2) is 5.82 Å². The number of carbonyl (C=O) groups is 1. The van der Waals surface area contributed by atoms with Crippen LogP contribution in [0.4, 0.5) is 0 Å². The van der Waals surface area contributed by atoms with Gasteiger partial charge < -0.3 is 9.13 Å². The van der Waals surface area contributed by atoms with Crippen molar-refractivity contribution >= 4 is 23.2 Å². The first-order valence-electron chi connectivity index (χ1n) is 6.86. The lowest BCUT2D eigenvalue weighted by Crippen LogP contribution is -2.23. The number of amides is 1. The zero-order valence-corrected chi connectivity index (χ0v) is 12.4. The fraction of sp³-hybridized carbons (Fsp3) is 0.200. The summed E-state index contributed by atoms with van der Waals surface area (Å²) in [4.78, 5) is 20.3. The largest absolute Gasteiger partial charge is 0.326 e. The van der Waals surface area contributed by atoms with Crippen molar-refractivity contribution in [1.82, 2.24) is 24.5 Å². The average Bonchev–Trinajstić information content (AvgIpc) is 3.04. The van der Waals surface area contributed by atoms with Crippen molar-refractivity contribution in [3.8, 4) is 0 Å². The van der Waals surface area contributed by atoms with Crippen LogP contribution in [0.1, 0.15) is 11.6 Å². The SMILES string of the molecule is Cc1nccn1CC(=O)NN=Cc1nc2ccccc2n1C. The van der Waals surface area contributed by atoms with Gasteiger partial charge in [0.2, 0.25) is 0 Å². The highest BCUT2D eigenvalue weighted by molar-refractivity contribution is 5.85. The number of hydrogen-bond donors (Lipinski definition) is 1. The van der Waals surface area contributed by atoms with Crippen molar-refractivity contribution < 1.29 is 4.79 Å². The Hall–Kier alpha value is -2.96. The van der Waals surface area contributed by atoms with Gasteiger partial charge in [0, 0.05) is 19.4 Å². The van der Waals surface area contributed by atoms with Crippen LogP contribution in [0.3, 0.4) is 0 Å². The second-order valence-electron chi connectivity index (χ2n) is 4.91. The molecule has 0 spiro atoms. The van der Waals surface area contributed by atoms with Crippen LogP contribution in [0.2, 0.25) is 0 Å². The molecule has 1 amide bonds. The lowest BCUT2D eigenvalue weighted by Gasteiger charge is -2.03. The third-order valence-electron chi connectivity index (χ3n) is 3.43. The molecule has 0 fully saturated rings. The molecule has 22 heavy (non-hydrogen) atoms. The minimum Gasteiger partial charge on any atom is -0.326 e. The van der Waals surface area contributed by atoms with E-state index < -0.39 is 0 Å². The Balaban J connectivity index is 1.67. The molecule has 0 unspecified atom stereocenters. The van der Waals surface area contributed by atoms with Crippen molar-refractivity contribution in [2.75, 3.05) is 0 Å². The number of aromatic nitrogens is 4. The Labute approximate surface area is 127 Å². The van der Waals surface area contributed by atoms with Crippen LogP contribution in [0.15, 0.2) is 41.8 Å². The quantitative estimate of drug-likeness (QED) is 0.581. The molecule has 0 atom stereocenters. The third-order valence-corrected chi connectivity index (χ3v) is 3.43. The standard InChI is InChI=1S/C15H16N6O/c1-11-16-7-8-21(11)10-15(22)19-17-9-14-18-12-5-3-4-6-13(12)20(14)2/h3-9H,10H2,1-2H3,(H,19,22). The van der Waals surface area contributed by atoms with E-state index in [4.69, 9.17) is 0 Å². The van der Waals surface area contributed by atoms with Crippen molar-refractivity contribution in [2.45, 2.75) is 13.5 Å². The predicted octanol–water partition coefficient (Wildman–Crippen LogP) is 1.23. The Morgan fingerprint density at radius 1 is 1.41 bits per heavy atom. The highest BCUT2D eigenvalue weighted by Crippen LogP contribution is 2.12. The lowest BCUT2D eigenvalue weighted by molar-refractivity contribution is -0.121. The first kappa shape index (κ1) is 14.0. The molecule has 7 heteroatoms. The summed E-state index contributed by atoms with van der Waals surface area (Å²) in [6.45, 7) is 2.03. The lowest BCUT2D eigenvalue weighted by atomic mass is 10.3. The Kier molecular flexibility index (Phi) is 3.69. The minimum absolute atomic E-state index is 0.186. The molecule has 0 saturated carbocycles. The van der Waals surface area contributed by atoms with Crippen LogP contribution in [-0.2, 0) is 18.4 Å². The second-order valence-corrected chi connectivity index (χ2v) is 4.91. The number of rotatable bonds is 4. The molecule has 0 radical (unpaired) electrons. The van der Waals surface area contributed by atoms with Crippen LogP contribution in [0, 0.1) is 6.92 Å². The van der Waals surface area contributed by atoms with Gasteiger partial charge in [0.25, 0.3) is 5.91 Å². The van der Waals surface area contributed by atoms with Gasteiger partial charge in [-0.2, -0.15) is 5.10 Å². The highest BCUT2D eigenvalue weighted by Gasteiger charge is 2.06. The van der Waals surface area contributed by atoms with E-state index in [1.54, 1.807) is 23.2 Å². The van der Waals surface area contributed by atoms with E-state index in [2.05, 4.69) is 20.5 Å². The number of hydrazone groups is 1. The summed E-state index contributed by atoms with van der Waals surface area (Å²) < 4.78 is 3.67. The molecule has 112 valence electrons. The summed E-state index contributed by atoms with van der Waals surface area (Å²) >= 11 is 0. The van der Waals surface area contributed by atoms with Crippen molar-refractivity contribution in [3.63, 3.8) is 0 Å². The topological polar surface area (TPSA) is 77.1 Å². The Morgan fingerprint density at radius 2 is 2.23 bits per heavy atom. The zero-order chi connectivity index (χ0) is 15.5. The summed E-state index contributed by atoms with van der Waals surface area (Å²) in [6, 6.07) is 7.82. The van der Waals surface area contributed by atoms with Crippen molar-refractivity contribution in [2.24, 2.45) is 12.1 Å². The summed E-state index contributed by atoms with van der Waals surface area (Å²) in [5, 5.41) is 3.97. The fourth-order valence-electron chi connectivity index (χ4n) is 2.20. The first-order chi connectivity index (χ1) is 10.6. The molecule has 1 N–H and O–H groups in total. The fourth-order valence-corrected chi connectivity index (χ4v) is 2.20. The van der Waals surface area contributed by atoms with Gasteiger partial charge in [-0.25, -0.2) is 15.4 Å². The summed E-state index contributed by atoms with van der Waals surface area (Å²) in [5.41, 5.74) is 4.41. The van der Waals surface area contributed by atoms with E-state index in [1.807, 2.05) is 42.8 Å². The normalized spacial score (nSPS) is 11.4. The highest BCUT2D eigenvalue weighted by atomic mass is 16.2. The van der Waals surface area contributed by atoms with Gasteiger partial charge in [-0.15, -0.1) is 0 Å². The van der Waals surface area contributed by atoms with Crippen LogP contribution in [0.5, 0.6) is 0 Å². The van der Waals surface area contributed by atoms with Gasteiger partial charge in [-0.3, -0.25) is 4.79 Å². The number of benzene rings is 1. The molecule has 2 aromatic heterocycles. The number of imidazole rings is 2.